The van der Waals surface area contributed by atoms with Crippen molar-refractivity contribution in [3.8, 4) is 0 Å². The molecule has 4 aromatic rings. The fourth-order valence-corrected chi connectivity index (χ4v) is 3.21. The minimum Gasteiger partial charge on any atom is -0.465 e. The number of benzene rings is 2. The number of aliphatic hydroxyl groups is 1. The first-order valence-electron chi connectivity index (χ1n) is 9.14. The normalized spacial score (nSPS) is 10.6. The molecule has 0 bridgehead atoms. The summed E-state index contributed by atoms with van der Waals surface area (Å²) >= 11 is 11.9. The van der Waals surface area contributed by atoms with E-state index in [4.69, 9.17) is 28.3 Å². The number of aromatic nitrogens is 2. The average molecular weight is 443 g/mol. The lowest BCUT2D eigenvalue weighted by molar-refractivity contribution is 0.0601. The van der Waals surface area contributed by atoms with Crippen LogP contribution in [0.15, 0.2) is 48.5 Å². The van der Waals surface area contributed by atoms with E-state index in [0.717, 1.165) is 38.8 Å². The second-order valence-electron chi connectivity index (χ2n) is 6.70. The standard InChI is InChI=1S/C12H10ClNO2.C11H10ClNO/c1-7-10(13)6-9-5-8(12(15)16-2)3-4-11(9)14-7;1-7-10(12)5-9-4-8(6-14)2-3-11(9)13-7/h3-6H,1-2H3;2-5,14H,6H2,1H3. The van der Waals surface area contributed by atoms with E-state index in [0.29, 0.717) is 15.6 Å². The molecule has 2 aromatic carbocycles. The van der Waals surface area contributed by atoms with Crippen LogP contribution >= 0.6 is 23.2 Å². The second kappa shape index (κ2) is 9.39. The molecular weight excluding hydrogens is 423 g/mol. The maximum atomic E-state index is 11.3. The molecule has 7 heteroatoms. The number of esters is 1. The Morgan fingerprint density at radius 2 is 1.43 bits per heavy atom. The van der Waals surface area contributed by atoms with Crippen LogP contribution in [0.1, 0.15) is 27.3 Å². The van der Waals surface area contributed by atoms with Crippen LogP contribution in [0, 0.1) is 13.8 Å². The molecule has 0 radical (unpaired) electrons. The van der Waals surface area contributed by atoms with Gasteiger partial charge in [0.1, 0.15) is 0 Å². The van der Waals surface area contributed by atoms with Crippen molar-refractivity contribution in [1.29, 1.82) is 0 Å². The van der Waals surface area contributed by atoms with Crippen LogP contribution in [0.5, 0.6) is 0 Å². The maximum absolute atomic E-state index is 11.3. The number of fused-ring (bicyclic) bond motifs is 2. The Morgan fingerprint density at radius 3 is 1.97 bits per heavy atom. The largest absolute Gasteiger partial charge is 0.465 e. The number of carbonyl (C=O) groups excluding carboxylic acids is 1. The van der Waals surface area contributed by atoms with Gasteiger partial charge in [-0.1, -0.05) is 29.3 Å². The first kappa shape index (κ1) is 22.0. The Labute approximate surface area is 184 Å². The van der Waals surface area contributed by atoms with Crippen LogP contribution in [0.4, 0.5) is 0 Å². The van der Waals surface area contributed by atoms with E-state index in [1.165, 1.54) is 7.11 Å². The minimum absolute atomic E-state index is 0.0431. The number of methoxy groups -OCH3 is 1. The average Bonchev–Trinajstić information content (AvgIpc) is 2.74. The smallest absolute Gasteiger partial charge is 0.337 e. The van der Waals surface area contributed by atoms with Gasteiger partial charge in [-0.15, -0.1) is 0 Å². The molecule has 0 amide bonds. The van der Waals surface area contributed by atoms with Crippen molar-refractivity contribution in [3.63, 3.8) is 0 Å². The number of aryl methyl sites for hydroxylation is 2. The van der Waals surface area contributed by atoms with Gasteiger partial charge in [0.15, 0.2) is 0 Å². The van der Waals surface area contributed by atoms with E-state index >= 15 is 0 Å². The zero-order valence-corrected chi connectivity index (χ0v) is 18.3. The molecule has 0 unspecified atom stereocenters. The molecule has 0 aliphatic rings. The minimum atomic E-state index is -0.362. The van der Waals surface area contributed by atoms with Crippen molar-refractivity contribution in [2.75, 3.05) is 7.11 Å². The van der Waals surface area contributed by atoms with Crippen LogP contribution < -0.4 is 0 Å². The summed E-state index contributed by atoms with van der Waals surface area (Å²) in [5.41, 5.74) is 4.70. The summed E-state index contributed by atoms with van der Waals surface area (Å²) in [6, 6.07) is 14.5. The predicted octanol–water partition coefficient (Wildman–Crippen LogP) is 5.67. The van der Waals surface area contributed by atoms with Gasteiger partial charge in [-0.2, -0.15) is 0 Å². The van der Waals surface area contributed by atoms with Gasteiger partial charge in [0, 0.05) is 10.8 Å². The topological polar surface area (TPSA) is 72.3 Å². The lowest BCUT2D eigenvalue weighted by Gasteiger charge is -2.03. The fourth-order valence-electron chi connectivity index (χ4n) is 2.89. The van der Waals surface area contributed by atoms with Crippen LogP contribution in [0.2, 0.25) is 10.0 Å². The lowest BCUT2D eigenvalue weighted by atomic mass is 10.1. The summed E-state index contributed by atoms with van der Waals surface area (Å²) in [7, 11) is 1.35. The number of hydrogen-bond donors (Lipinski definition) is 1. The summed E-state index contributed by atoms with van der Waals surface area (Å²) in [5, 5.41) is 12.0. The highest BCUT2D eigenvalue weighted by Crippen LogP contribution is 2.22. The molecule has 5 nitrogen and oxygen atoms in total. The molecule has 0 aliphatic carbocycles. The Hall–Kier alpha value is -2.73. The number of hydrogen-bond acceptors (Lipinski definition) is 5. The number of nitrogens with zero attached hydrogens (tertiary/aromatic N) is 2. The zero-order valence-electron chi connectivity index (χ0n) is 16.7. The van der Waals surface area contributed by atoms with Gasteiger partial charge < -0.3 is 9.84 Å². The highest BCUT2D eigenvalue weighted by molar-refractivity contribution is 6.32. The van der Waals surface area contributed by atoms with Gasteiger partial charge in [-0.25, -0.2) is 4.79 Å². The van der Waals surface area contributed by atoms with Crippen molar-refractivity contribution in [2.24, 2.45) is 0 Å². The summed E-state index contributed by atoms with van der Waals surface area (Å²) < 4.78 is 4.65. The Bertz CT molecular complexity index is 1240. The molecular formula is C23H20Cl2N2O3. The summed E-state index contributed by atoms with van der Waals surface area (Å²) in [4.78, 5) is 20.0. The van der Waals surface area contributed by atoms with E-state index in [9.17, 15) is 4.79 Å². The van der Waals surface area contributed by atoms with Crippen LogP contribution in [0.3, 0.4) is 0 Å². The van der Waals surface area contributed by atoms with Crippen LogP contribution in [-0.2, 0) is 11.3 Å². The zero-order chi connectivity index (χ0) is 21.8. The van der Waals surface area contributed by atoms with Gasteiger partial charge in [-0.05, 0) is 61.9 Å². The molecule has 2 heterocycles. The van der Waals surface area contributed by atoms with E-state index < -0.39 is 0 Å². The molecule has 0 fully saturated rings. The third-order valence-corrected chi connectivity index (χ3v) is 5.32. The summed E-state index contributed by atoms with van der Waals surface area (Å²) in [6.45, 7) is 3.76. The number of carbonyl (C=O) groups is 1. The molecule has 0 saturated heterocycles. The van der Waals surface area contributed by atoms with Crippen molar-refractivity contribution in [2.45, 2.75) is 20.5 Å². The predicted molar refractivity (Wildman–Crippen MR) is 120 cm³/mol. The maximum Gasteiger partial charge on any atom is 0.337 e. The van der Waals surface area contributed by atoms with Gasteiger partial charge >= 0.3 is 5.97 Å². The second-order valence-corrected chi connectivity index (χ2v) is 7.51. The van der Waals surface area contributed by atoms with Crippen molar-refractivity contribution >= 4 is 51.0 Å². The lowest BCUT2D eigenvalue weighted by Crippen LogP contribution is -2.00. The quantitative estimate of drug-likeness (QED) is 0.404. The molecule has 154 valence electrons. The number of aliphatic hydroxyl groups excluding tert-OH is 1. The molecule has 0 spiro atoms. The molecule has 2 aromatic heterocycles. The first-order valence-corrected chi connectivity index (χ1v) is 9.90. The van der Waals surface area contributed by atoms with Crippen molar-refractivity contribution in [3.05, 3.63) is 81.1 Å². The van der Waals surface area contributed by atoms with Crippen LogP contribution in [-0.4, -0.2) is 28.2 Å². The summed E-state index contributed by atoms with van der Waals surface area (Å²) in [5.74, 6) is -0.362. The molecule has 0 atom stereocenters. The van der Waals surface area contributed by atoms with Crippen LogP contribution in [0.25, 0.3) is 21.8 Å². The number of rotatable bonds is 2. The Balaban J connectivity index is 0.000000172. The fraction of sp³-hybridized carbons (Fsp3) is 0.174. The van der Waals surface area contributed by atoms with E-state index in [-0.39, 0.29) is 12.6 Å². The number of pyridine rings is 2. The van der Waals surface area contributed by atoms with Gasteiger partial charge in [0.25, 0.3) is 0 Å². The monoisotopic (exact) mass is 442 g/mol. The molecule has 0 saturated carbocycles. The van der Waals surface area contributed by atoms with Crippen molar-refractivity contribution < 1.29 is 14.6 Å². The van der Waals surface area contributed by atoms with Gasteiger partial charge in [-0.3, -0.25) is 9.97 Å². The van der Waals surface area contributed by atoms with E-state index in [1.807, 2.05) is 38.1 Å². The van der Waals surface area contributed by atoms with E-state index in [1.54, 1.807) is 24.3 Å². The SMILES string of the molecule is COC(=O)c1ccc2nc(C)c(Cl)cc2c1.Cc1nc2ccc(CO)cc2cc1Cl. The van der Waals surface area contributed by atoms with Gasteiger partial charge in [0.05, 0.1) is 51.7 Å². The van der Waals surface area contributed by atoms with Gasteiger partial charge in [0.2, 0.25) is 0 Å². The molecule has 30 heavy (non-hydrogen) atoms. The molecule has 4 rings (SSSR count). The van der Waals surface area contributed by atoms with Crippen molar-refractivity contribution in [1.82, 2.24) is 9.97 Å². The number of halogens is 2. The number of ether oxygens (including phenoxy) is 1. The first-order chi connectivity index (χ1) is 14.3. The van der Waals surface area contributed by atoms with E-state index in [2.05, 4.69) is 14.7 Å². The third kappa shape index (κ3) is 4.87. The molecule has 1 N–H and O–H groups in total. The Morgan fingerprint density at radius 1 is 0.900 bits per heavy atom. The molecule has 0 aliphatic heterocycles. The highest BCUT2D eigenvalue weighted by atomic mass is 35.5. The Kier molecular flexibility index (Phi) is 6.87. The third-order valence-electron chi connectivity index (χ3n) is 4.56. The highest BCUT2D eigenvalue weighted by Gasteiger charge is 2.07. The summed E-state index contributed by atoms with van der Waals surface area (Å²) in [6.07, 6.45) is 0.